The van der Waals surface area contributed by atoms with Gasteiger partial charge < -0.3 is 5.21 Å². The average molecular weight is 230 g/mol. The Kier molecular flexibility index (Phi) is 3.49. The van der Waals surface area contributed by atoms with Gasteiger partial charge in [0.25, 0.3) is 0 Å². The lowest BCUT2D eigenvalue weighted by molar-refractivity contribution is 0.316. The van der Waals surface area contributed by atoms with Crippen LogP contribution in [0.15, 0.2) is 48.1 Å². The minimum atomic E-state index is 0.00889. The van der Waals surface area contributed by atoms with E-state index in [-0.39, 0.29) is 6.04 Å². The number of hydrogen-bond acceptors (Lipinski definition) is 4. The minimum Gasteiger partial charge on any atom is -0.411 e. The lowest BCUT2D eigenvalue weighted by Gasteiger charge is -2.16. The van der Waals surface area contributed by atoms with Gasteiger partial charge in [-0.15, -0.1) is 0 Å². The quantitative estimate of drug-likeness (QED) is 0.497. The fourth-order valence-corrected chi connectivity index (χ4v) is 1.74. The van der Waals surface area contributed by atoms with Crippen molar-refractivity contribution in [2.75, 3.05) is 0 Å². The molecule has 0 aliphatic carbocycles. The van der Waals surface area contributed by atoms with Gasteiger partial charge in [0, 0.05) is 6.42 Å². The van der Waals surface area contributed by atoms with Crippen LogP contribution in [-0.2, 0) is 0 Å². The zero-order chi connectivity index (χ0) is 12.1. The number of hydrogen-bond donors (Lipinski definition) is 1. The van der Waals surface area contributed by atoms with Crippen molar-refractivity contribution < 1.29 is 5.21 Å². The van der Waals surface area contributed by atoms with E-state index >= 15 is 0 Å². The molecule has 1 heterocycles. The molecule has 1 atom stereocenters. The molecule has 0 saturated heterocycles. The van der Waals surface area contributed by atoms with E-state index in [0.29, 0.717) is 12.1 Å². The van der Waals surface area contributed by atoms with Crippen molar-refractivity contribution in [3.8, 4) is 0 Å². The highest BCUT2D eigenvalue weighted by Gasteiger charge is 2.15. The maximum atomic E-state index is 8.77. The summed E-state index contributed by atoms with van der Waals surface area (Å²) in [6, 6.07) is 9.98. The normalized spacial score (nSPS) is 13.6. The van der Waals surface area contributed by atoms with Crippen LogP contribution in [0, 0.1) is 0 Å². The van der Waals surface area contributed by atoms with Gasteiger partial charge in [0.05, 0.1) is 11.8 Å². The summed E-state index contributed by atoms with van der Waals surface area (Å²) in [4.78, 5) is 3.95. The molecule has 1 aromatic heterocycles. The Morgan fingerprint density at radius 2 is 2.18 bits per heavy atom. The molecular formula is C12H14N4O. The summed E-state index contributed by atoms with van der Waals surface area (Å²) in [6.07, 6.45) is 3.77. The van der Waals surface area contributed by atoms with E-state index in [1.165, 1.54) is 6.33 Å². The van der Waals surface area contributed by atoms with Crippen molar-refractivity contribution >= 4 is 5.71 Å². The van der Waals surface area contributed by atoms with Crippen LogP contribution in [0.5, 0.6) is 0 Å². The monoisotopic (exact) mass is 230 g/mol. The van der Waals surface area contributed by atoms with Crippen LogP contribution in [0.2, 0.25) is 0 Å². The Hall–Kier alpha value is -2.17. The minimum absolute atomic E-state index is 0.00889. The zero-order valence-corrected chi connectivity index (χ0v) is 9.56. The van der Waals surface area contributed by atoms with E-state index < -0.39 is 0 Å². The molecule has 88 valence electrons. The van der Waals surface area contributed by atoms with Crippen molar-refractivity contribution in [2.24, 2.45) is 5.16 Å². The predicted molar refractivity (Wildman–Crippen MR) is 64.1 cm³/mol. The van der Waals surface area contributed by atoms with E-state index in [4.69, 9.17) is 5.21 Å². The van der Waals surface area contributed by atoms with E-state index in [9.17, 15) is 0 Å². The van der Waals surface area contributed by atoms with Gasteiger partial charge in [-0.3, -0.25) is 0 Å². The third kappa shape index (κ3) is 2.69. The summed E-state index contributed by atoms with van der Waals surface area (Å²) in [5, 5.41) is 16.1. The molecule has 2 aromatic rings. The Balaban J connectivity index is 2.31. The van der Waals surface area contributed by atoms with Crippen molar-refractivity contribution in [3.63, 3.8) is 0 Å². The maximum absolute atomic E-state index is 8.77. The standard InChI is InChI=1S/C12H14N4O/c1-10(15-17)7-12(16-9-13-8-14-16)11-5-3-2-4-6-11/h2-6,8-9,12,17H,7H2,1H3/b15-10+. The van der Waals surface area contributed by atoms with Gasteiger partial charge in [-0.1, -0.05) is 35.5 Å². The molecule has 0 bridgehead atoms. The maximum Gasteiger partial charge on any atom is 0.137 e. The average Bonchev–Trinajstić information content (AvgIpc) is 2.90. The van der Waals surface area contributed by atoms with Crippen LogP contribution >= 0.6 is 0 Å². The van der Waals surface area contributed by atoms with Crippen molar-refractivity contribution in [1.82, 2.24) is 14.8 Å². The molecule has 1 aromatic carbocycles. The fourth-order valence-electron chi connectivity index (χ4n) is 1.74. The first kappa shape index (κ1) is 11.3. The highest BCUT2D eigenvalue weighted by Crippen LogP contribution is 2.21. The second-order valence-corrected chi connectivity index (χ2v) is 3.84. The topological polar surface area (TPSA) is 63.3 Å². The molecule has 0 spiro atoms. The van der Waals surface area contributed by atoms with Gasteiger partial charge in [-0.05, 0) is 12.5 Å². The molecule has 0 aliphatic heterocycles. The second-order valence-electron chi connectivity index (χ2n) is 3.84. The van der Waals surface area contributed by atoms with E-state index in [1.54, 1.807) is 17.9 Å². The lowest BCUT2D eigenvalue weighted by Crippen LogP contribution is -2.14. The highest BCUT2D eigenvalue weighted by atomic mass is 16.4. The van der Waals surface area contributed by atoms with Gasteiger partial charge in [0.15, 0.2) is 0 Å². The summed E-state index contributed by atoms with van der Waals surface area (Å²) >= 11 is 0. The molecule has 5 heteroatoms. The number of aromatic nitrogens is 3. The van der Waals surface area contributed by atoms with Crippen molar-refractivity contribution in [2.45, 2.75) is 19.4 Å². The van der Waals surface area contributed by atoms with E-state index in [0.717, 1.165) is 5.56 Å². The smallest absolute Gasteiger partial charge is 0.137 e. The predicted octanol–water partition coefficient (Wildman–Crippen LogP) is 2.11. The van der Waals surface area contributed by atoms with Gasteiger partial charge in [0.1, 0.15) is 12.7 Å². The highest BCUT2D eigenvalue weighted by molar-refractivity contribution is 5.82. The SMILES string of the molecule is C/C(CC(c1ccccc1)n1cncn1)=N\O. The van der Waals surface area contributed by atoms with Crippen LogP contribution in [0.1, 0.15) is 24.9 Å². The number of oxime groups is 1. The molecular weight excluding hydrogens is 216 g/mol. The Labute approximate surface area is 99.4 Å². The third-order valence-electron chi connectivity index (χ3n) is 2.60. The summed E-state index contributed by atoms with van der Waals surface area (Å²) in [7, 11) is 0. The largest absolute Gasteiger partial charge is 0.411 e. The first-order valence-corrected chi connectivity index (χ1v) is 5.38. The number of benzene rings is 1. The van der Waals surface area contributed by atoms with E-state index in [1.807, 2.05) is 30.3 Å². The molecule has 0 amide bonds. The fraction of sp³-hybridized carbons (Fsp3) is 0.250. The summed E-state index contributed by atoms with van der Waals surface area (Å²) in [6.45, 7) is 1.78. The lowest BCUT2D eigenvalue weighted by atomic mass is 10.0. The van der Waals surface area contributed by atoms with Gasteiger partial charge in [-0.2, -0.15) is 5.10 Å². The van der Waals surface area contributed by atoms with Gasteiger partial charge >= 0.3 is 0 Å². The molecule has 17 heavy (non-hydrogen) atoms. The number of nitrogens with zero attached hydrogens (tertiary/aromatic N) is 4. The molecule has 0 radical (unpaired) electrons. The Bertz CT molecular complexity index is 478. The van der Waals surface area contributed by atoms with Gasteiger partial charge in [-0.25, -0.2) is 9.67 Å². The first-order valence-electron chi connectivity index (χ1n) is 5.38. The van der Waals surface area contributed by atoms with Crippen LogP contribution in [0.3, 0.4) is 0 Å². The molecule has 5 nitrogen and oxygen atoms in total. The van der Waals surface area contributed by atoms with Crippen LogP contribution in [-0.4, -0.2) is 25.7 Å². The zero-order valence-electron chi connectivity index (χ0n) is 9.56. The third-order valence-corrected chi connectivity index (χ3v) is 2.60. The molecule has 1 N–H and O–H groups in total. The first-order chi connectivity index (χ1) is 8.31. The second kappa shape index (κ2) is 5.25. The van der Waals surface area contributed by atoms with Crippen LogP contribution < -0.4 is 0 Å². The van der Waals surface area contributed by atoms with Gasteiger partial charge in [0.2, 0.25) is 0 Å². The molecule has 1 unspecified atom stereocenters. The molecule has 2 rings (SSSR count). The summed E-state index contributed by atoms with van der Waals surface area (Å²) in [5.74, 6) is 0. The molecule has 0 saturated carbocycles. The van der Waals surface area contributed by atoms with E-state index in [2.05, 4.69) is 15.2 Å². The van der Waals surface area contributed by atoms with Crippen LogP contribution in [0.25, 0.3) is 0 Å². The van der Waals surface area contributed by atoms with Crippen LogP contribution in [0.4, 0.5) is 0 Å². The van der Waals surface area contributed by atoms with Crippen molar-refractivity contribution in [1.29, 1.82) is 0 Å². The summed E-state index contributed by atoms with van der Waals surface area (Å²) in [5.41, 5.74) is 1.77. The number of rotatable bonds is 4. The van der Waals surface area contributed by atoms with Crippen molar-refractivity contribution in [3.05, 3.63) is 48.5 Å². The molecule has 0 fully saturated rings. The Morgan fingerprint density at radius 1 is 1.41 bits per heavy atom. The Morgan fingerprint density at radius 3 is 2.76 bits per heavy atom. The summed E-state index contributed by atoms with van der Waals surface area (Å²) < 4.78 is 1.77. The molecule has 0 aliphatic rings.